The molecule has 1 atom stereocenters. The fourth-order valence-corrected chi connectivity index (χ4v) is 1.99. The van der Waals surface area contributed by atoms with E-state index in [1.807, 2.05) is 19.1 Å². The average Bonchev–Trinajstić information content (AvgIpc) is 2.28. The second-order valence-electron chi connectivity index (χ2n) is 4.01. The van der Waals surface area contributed by atoms with Crippen LogP contribution in [-0.4, -0.2) is 17.8 Å². The van der Waals surface area contributed by atoms with E-state index in [2.05, 4.69) is 33.4 Å². The van der Waals surface area contributed by atoms with Crippen LogP contribution in [0.25, 0.3) is 0 Å². The van der Waals surface area contributed by atoms with E-state index in [0.717, 1.165) is 36.8 Å². The van der Waals surface area contributed by atoms with Gasteiger partial charge in [-0.05, 0) is 43.5 Å². The molecule has 16 heavy (non-hydrogen) atoms. The lowest BCUT2D eigenvalue weighted by Gasteiger charge is -2.08. The topological polar surface area (TPSA) is 32.3 Å². The van der Waals surface area contributed by atoms with Crippen LogP contribution in [0.15, 0.2) is 28.7 Å². The molecule has 0 fully saturated rings. The van der Waals surface area contributed by atoms with Gasteiger partial charge in [-0.25, -0.2) is 0 Å². The van der Waals surface area contributed by atoms with Crippen LogP contribution < -0.4 is 5.32 Å². The smallest absolute Gasteiger partial charge is 0.0538 e. The van der Waals surface area contributed by atoms with Crippen LogP contribution in [-0.2, 0) is 6.54 Å². The Bertz CT molecular complexity index is 304. The van der Waals surface area contributed by atoms with E-state index in [4.69, 9.17) is 0 Å². The monoisotopic (exact) mass is 285 g/mol. The number of aliphatic hydroxyl groups is 1. The molecule has 1 unspecified atom stereocenters. The molecule has 0 bridgehead atoms. The first-order chi connectivity index (χ1) is 7.72. The Hall–Kier alpha value is -0.380. The third-order valence-electron chi connectivity index (χ3n) is 2.58. The Balaban J connectivity index is 2.12. The molecule has 0 aliphatic carbocycles. The van der Waals surface area contributed by atoms with Crippen LogP contribution in [0.3, 0.4) is 0 Å². The highest BCUT2D eigenvalue weighted by molar-refractivity contribution is 9.10. The van der Waals surface area contributed by atoms with Crippen molar-refractivity contribution in [3.8, 4) is 0 Å². The number of hydrogen-bond donors (Lipinski definition) is 2. The third kappa shape index (κ3) is 5.64. The Kier molecular flexibility index (Phi) is 6.69. The SMILES string of the molecule is CCC(O)CCCNCc1cccc(Br)c1. The Labute approximate surface area is 106 Å². The number of halogens is 1. The molecular weight excluding hydrogens is 266 g/mol. The minimum Gasteiger partial charge on any atom is -0.393 e. The highest BCUT2D eigenvalue weighted by atomic mass is 79.9. The maximum Gasteiger partial charge on any atom is 0.0538 e. The quantitative estimate of drug-likeness (QED) is 0.755. The molecule has 0 heterocycles. The first kappa shape index (κ1) is 13.7. The molecule has 1 aromatic carbocycles. The van der Waals surface area contributed by atoms with Crippen LogP contribution in [0, 0.1) is 0 Å². The van der Waals surface area contributed by atoms with E-state index in [9.17, 15) is 5.11 Å². The molecule has 90 valence electrons. The van der Waals surface area contributed by atoms with E-state index in [-0.39, 0.29) is 6.10 Å². The van der Waals surface area contributed by atoms with Crippen LogP contribution in [0.5, 0.6) is 0 Å². The minimum absolute atomic E-state index is 0.132. The minimum atomic E-state index is -0.132. The first-order valence-electron chi connectivity index (χ1n) is 5.85. The maximum atomic E-state index is 9.38. The van der Waals surface area contributed by atoms with Crippen molar-refractivity contribution in [2.45, 2.75) is 38.8 Å². The zero-order valence-corrected chi connectivity index (χ0v) is 11.3. The zero-order chi connectivity index (χ0) is 11.8. The van der Waals surface area contributed by atoms with Crippen molar-refractivity contribution >= 4 is 15.9 Å². The second kappa shape index (κ2) is 7.82. The number of hydrogen-bond acceptors (Lipinski definition) is 2. The lowest BCUT2D eigenvalue weighted by molar-refractivity contribution is 0.157. The molecule has 0 aromatic heterocycles. The number of benzene rings is 1. The average molecular weight is 286 g/mol. The molecule has 0 saturated carbocycles. The van der Waals surface area contributed by atoms with Crippen molar-refractivity contribution in [3.05, 3.63) is 34.3 Å². The van der Waals surface area contributed by atoms with E-state index in [0.29, 0.717) is 0 Å². The van der Waals surface area contributed by atoms with Gasteiger partial charge in [-0.15, -0.1) is 0 Å². The van der Waals surface area contributed by atoms with E-state index in [1.54, 1.807) is 0 Å². The summed E-state index contributed by atoms with van der Waals surface area (Å²) in [6.45, 7) is 3.87. The molecule has 1 rings (SSSR count). The van der Waals surface area contributed by atoms with Gasteiger partial charge in [0.05, 0.1) is 6.10 Å². The van der Waals surface area contributed by atoms with Crippen molar-refractivity contribution in [1.29, 1.82) is 0 Å². The summed E-state index contributed by atoms with van der Waals surface area (Å²) in [4.78, 5) is 0. The van der Waals surface area contributed by atoms with Crippen LogP contribution in [0.4, 0.5) is 0 Å². The summed E-state index contributed by atoms with van der Waals surface area (Å²) < 4.78 is 1.12. The summed E-state index contributed by atoms with van der Waals surface area (Å²) in [6.07, 6.45) is 2.64. The van der Waals surface area contributed by atoms with Gasteiger partial charge in [-0.3, -0.25) is 0 Å². The maximum absolute atomic E-state index is 9.38. The highest BCUT2D eigenvalue weighted by Gasteiger charge is 1.99. The molecule has 0 spiro atoms. The predicted molar refractivity (Wildman–Crippen MR) is 71.4 cm³/mol. The molecule has 2 nitrogen and oxygen atoms in total. The summed E-state index contributed by atoms with van der Waals surface area (Å²) in [5.41, 5.74) is 1.28. The van der Waals surface area contributed by atoms with Gasteiger partial charge in [-0.2, -0.15) is 0 Å². The molecule has 0 radical (unpaired) electrons. The molecule has 1 aromatic rings. The van der Waals surface area contributed by atoms with Gasteiger partial charge in [0.25, 0.3) is 0 Å². The summed E-state index contributed by atoms with van der Waals surface area (Å²) in [7, 11) is 0. The van der Waals surface area contributed by atoms with E-state index in [1.165, 1.54) is 5.56 Å². The highest BCUT2D eigenvalue weighted by Crippen LogP contribution is 2.11. The fourth-order valence-electron chi connectivity index (χ4n) is 1.55. The number of aliphatic hydroxyl groups excluding tert-OH is 1. The Morgan fingerprint density at radius 2 is 2.25 bits per heavy atom. The Morgan fingerprint density at radius 1 is 1.44 bits per heavy atom. The standard InChI is InChI=1S/C13H20BrNO/c1-2-13(16)7-4-8-15-10-11-5-3-6-12(14)9-11/h3,5-6,9,13,15-16H,2,4,7-8,10H2,1H3. The van der Waals surface area contributed by atoms with Gasteiger partial charge in [0.2, 0.25) is 0 Å². The van der Waals surface area contributed by atoms with Crippen LogP contribution in [0.2, 0.25) is 0 Å². The second-order valence-corrected chi connectivity index (χ2v) is 4.93. The molecular formula is C13H20BrNO. The summed E-state index contributed by atoms with van der Waals surface area (Å²) >= 11 is 3.45. The van der Waals surface area contributed by atoms with Crippen molar-refractivity contribution in [3.63, 3.8) is 0 Å². The summed E-state index contributed by atoms with van der Waals surface area (Å²) in [5, 5.41) is 12.8. The number of rotatable bonds is 7. The third-order valence-corrected chi connectivity index (χ3v) is 3.07. The van der Waals surface area contributed by atoms with Crippen molar-refractivity contribution in [2.75, 3.05) is 6.54 Å². The molecule has 0 aliphatic heterocycles. The van der Waals surface area contributed by atoms with Gasteiger partial charge in [0.1, 0.15) is 0 Å². The lowest BCUT2D eigenvalue weighted by Crippen LogP contribution is -2.16. The van der Waals surface area contributed by atoms with Crippen LogP contribution >= 0.6 is 15.9 Å². The number of nitrogens with one attached hydrogen (secondary N) is 1. The lowest BCUT2D eigenvalue weighted by atomic mass is 10.1. The molecule has 3 heteroatoms. The van der Waals surface area contributed by atoms with Crippen molar-refractivity contribution < 1.29 is 5.11 Å². The van der Waals surface area contributed by atoms with Gasteiger partial charge < -0.3 is 10.4 Å². The van der Waals surface area contributed by atoms with Gasteiger partial charge in [0.15, 0.2) is 0 Å². The molecule has 0 amide bonds. The van der Waals surface area contributed by atoms with Crippen LogP contribution in [0.1, 0.15) is 31.7 Å². The molecule has 0 saturated heterocycles. The van der Waals surface area contributed by atoms with Gasteiger partial charge >= 0.3 is 0 Å². The predicted octanol–water partition coefficient (Wildman–Crippen LogP) is 3.09. The summed E-state index contributed by atoms with van der Waals surface area (Å²) in [5.74, 6) is 0. The molecule has 2 N–H and O–H groups in total. The van der Waals surface area contributed by atoms with Gasteiger partial charge in [-0.1, -0.05) is 35.0 Å². The zero-order valence-electron chi connectivity index (χ0n) is 9.75. The summed E-state index contributed by atoms with van der Waals surface area (Å²) in [6, 6.07) is 8.30. The Morgan fingerprint density at radius 3 is 2.94 bits per heavy atom. The van der Waals surface area contributed by atoms with E-state index >= 15 is 0 Å². The largest absolute Gasteiger partial charge is 0.393 e. The first-order valence-corrected chi connectivity index (χ1v) is 6.65. The van der Waals surface area contributed by atoms with E-state index < -0.39 is 0 Å². The molecule has 0 aliphatic rings. The normalized spacial score (nSPS) is 12.7. The van der Waals surface area contributed by atoms with Crippen molar-refractivity contribution in [2.24, 2.45) is 0 Å². The fraction of sp³-hybridized carbons (Fsp3) is 0.538. The van der Waals surface area contributed by atoms with Gasteiger partial charge in [0, 0.05) is 11.0 Å². The van der Waals surface area contributed by atoms with Crippen molar-refractivity contribution in [1.82, 2.24) is 5.32 Å².